The summed E-state index contributed by atoms with van der Waals surface area (Å²) in [4.78, 5) is 2.23. The van der Waals surface area contributed by atoms with Gasteiger partial charge in [0.15, 0.2) is 0 Å². The largest absolute Gasteiger partial charge is 0.326 e. The molecule has 2 unspecified atom stereocenters. The van der Waals surface area contributed by atoms with Crippen LogP contribution in [-0.2, 0) is 0 Å². The van der Waals surface area contributed by atoms with E-state index in [4.69, 9.17) is 22.6 Å². The zero-order valence-corrected chi connectivity index (χ0v) is 11.7. The molecule has 1 aromatic carbocycles. The van der Waals surface area contributed by atoms with E-state index in [0.717, 1.165) is 23.7 Å². The minimum absolute atomic E-state index is 0.00446. The van der Waals surface area contributed by atoms with Gasteiger partial charge in [-0.05, 0) is 31.2 Å². The molecular formula is C14H20ClN3. The van der Waals surface area contributed by atoms with E-state index < -0.39 is 0 Å². The highest BCUT2D eigenvalue weighted by molar-refractivity contribution is 6.30. The first-order chi connectivity index (χ1) is 8.60. The van der Waals surface area contributed by atoms with Crippen LogP contribution in [0.3, 0.4) is 0 Å². The Bertz CT molecular complexity index is 394. The quantitative estimate of drug-likeness (QED) is 0.860. The fourth-order valence-corrected chi connectivity index (χ4v) is 2.32. The lowest BCUT2D eigenvalue weighted by Crippen LogP contribution is -2.40. The van der Waals surface area contributed by atoms with Crippen LogP contribution < -0.4 is 5.73 Å². The first-order valence-corrected chi connectivity index (χ1v) is 6.60. The number of likely N-dealkylation sites (N-methyl/N-ethyl adjacent to an activating group) is 1. The van der Waals surface area contributed by atoms with Gasteiger partial charge in [-0.1, -0.05) is 30.7 Å². The van der Waals surface area contributed by atoms with Gasteiger partial charge in [-0.2, -0.15) is 5.26 Å². The summed E-state index contributed by atoms with van der Waals surface area (Å²) >= 11 is 5.91. The van der Waals surface area contributed by atoms with Crippen molar-refractivity contribution in [3.8, 4) is 6.07 Å². The molecule has 0 spiro atoms. The second-order valence-electron chi connectivity index (χ2n) is 4.39. The van der Waals surface area contributed by atoms with E-state index >= 15 is 0 Å². The maximum Gasteiger partial charge on any atom is 0.0635 e. The number of nitrogens with zero attached hydrogens (tertiary/aromatic N) is 2. The molecular weight excluding hydrogens is 246 g/mol. The molecule has 0 saturated carbocycles. The summed E-state index contributed by atoms with van der Waals surface area (Å²) in [6, 6.07) is 10.1. The van der Waals surface area contributed by atoms with Gasteiger partial charge < -0.3 is 5.73 Å². The standard InChI is InChI=1S/C14H20ClN3/c1-3-18(10-4-9-16)14(11(2)17)12-5-7-13(15)8-6-12/h5-8,11,14H,3-4,10,17H2,1-2H3. The second kappa shape index (κ2) is 7.38. The van der Waals surface area contributed by atoms with E-state index in [0.29, 0.717) is 6.42 Å². The van der Waals surface area contributed by atoms with Crippen molar-refractivity contribution in [3.05, 3.63) is 34.9 Å². The topological polar surface area (TPSA) is 53.0 Å². The molecule has 98 valence electrons. The predicted octanol–water partition coefficient (Wildman–Crippen LogP) is 2.96. The van der Waals surface area contributed by atoms with Gasteiger partial charge in [0.25, 0.3) is 0 Å². The van der Waals surface area contributed by atoms with Crippen molar-refractivity contribution in [2.75, 3.05) is 13.1 Å². The van der Waals surface area contributed by atoms with Crippen molar-refractivity contribution in [2.24, 2.45) is 5.73 Å². The smallest absolute Gasteiger partial charge is 0.0635 e. The van der Waals surface area contributed by atoms with Crippen LogP contribution in [0.2, 0.25) is 5.02 Å². The molecule has 1 rings (SSSR count). The number of rotatable bonds is 6. The molecule has 0 bridgehead atoms. The average Bonchev–Trinajstić information content (AvgIpc) is 2.35. The fourth-order valence-electron chi connectivity index (χ4n) is 2.19. The Morgan fingerprint density at radius 1 is 1.39 bits per heavy atom. The summed E-state index contributed by atoms with van der Waals surface area (Å²) in [6.45, 7) is 5.69. The zero-order valence-electron chi connectivity index (χ0n) is 10.9. The lowest BCUT2D eigenvalue weighted by Gasteiger charge is -2.33. The number of nitrogens with two attached hydrogens (primary N) is 1. The highest BCUT2D eigenvalue weighted by Gasteiger charge is 2.22. The number of hydrogen-bond donors (Lipinski definition) is 1. The number of hydrogen-bond acceptors (Lipinski definition) is 3. The average molecular weight is 266 g/mol. The van der Waals surface area contributed by atoms with Gasteiger partial charge in [-0.3, -0.25) is 4.90 Å². The Balaban J connectivity index is 2.93. The normalized spacial score (nSPS) is 14.2. The van der Waals surface area contributed by atoms with Crippen LogP contribution in [-0.4, -0.2) is 24.0 Å². The summed E-state index contributed by atoms with van der Waals surface area (Å²) in [5.74, 6) is 0. The van der Waals surface area contributed by atoms with Gasteiger partial charge in [0.1, 0.15) is 0 Å². The van der Waals surface area contributed by atoms with Crippen molar-refractivity contribution < 1.29 is 0 Å². The number of benzene rings is 1. The van der Waals surface area contributed by atoms with Gasteiger partial charge in [-0.15, -0.1) is 0 Å². The van der Waals surface area contributed by atoms with Crippen LogP contribution in [0.5, 0.6) is 0 Å². The van der Waals surface area contributed by atoms with Gasteiger partial charge in [-0.25, -0.2) is 0 Å². The van der Waals surface area contributed by atoms with E-state index in [1.807, 2.05) is 31.2 Å². The first kappa shape index (κ1) is 15.0. The van der Waals surface area contributed by atoms with Crippen molar-refractivity contribution in [1.82, 2.24) is 4.90 Å². The molecule has 0 aromatic heterocycles. The van der Waals surface area contributed by atoms with Crippen LogP contribution >= 0.6 is 11.6 Å². The molecule has 18 heavy (non-hydrogen) atoms. The SMILES string of the molecule is CCN(CCC#N)C(c1ccc(Cl)cc1)C(C)N. The van der Waals surface area contributed by atoms with E-state index in [2.05, 4.69) is 17.9 Å². The lowest BCUT2D eigenvalue weighted by molar-refractivity contribution is 0.189. The van der Waals surface area contributed by atoms with Crippen LogP contribution in [0.1, 0.15) is 31.9 Å². The van der Waals surface area contributed by atoms with Crippen molar-refractivity contribution in [2.45, 2.75) is 32.4 Å². The summed E-state index contributed by atoms with van der Waals surface area (Å²) in [7, 11) is 0. The Morgan fingerprint density at radius 2 is 2.00 bits per heavy atom. The summed E-state index contributed by atoms with van der Waals surface area (Å²) in [6.07, 6.45) is 0.519. The van der Waals surface area contributed by atoms with Crippen molar-refractivity contribution in [3.63, 3.8) is 0 Å². The summed E-state index contributed by atoms with van der Waals surface area (Å²) < 4.78 is 0. The summed E-state index contributed by atoms with van der Waals surface area (Å²) in [5.41, 5.74) is 7.24. The zero-order chi connectivity index (χ0) is 13.5. The van der Waals surface area contributed by atoms with E-state index in [-0.39, 0.29) is 12.1 Å². The Hall–Kier alpha value is -1.08. The minimum Gasteiger partial charge on any atom is -0.326 e. The maximum atomic E-state index is 8.71. The van der Waals surface area contributed by atoms with E-state index in [1.165, 1.54) is 0 Å². The Labute approximate surface area is 114 Å². The van der Waals surface area contributed by atoms with Gasteiger partial charge >= 0.3 is 0 Å². The molecule has 4 heteroatoms. The third kappa shape index (κ3) is 3.99. The molecule has 0 aliphatic heterocycles. The van der Waals surface area contributed by atoms with Gasteiger partial charge in [0.05, 0.1) is 6.07 Å². The Morgan fingerprint density at radius 3 is 2.44 bits per heavy atom. The minimum atomic E-state index is 0.00446. The van der Waals surface area contributed by atoms with Crippen molar-refractivity contribution in [1.29, 1.82) is 5.26 Å². The molecule has 0 heterocycles. The van der Waals surface area contributed by atoms with E-state index in [9.17, 15) is 0 Å². The molecule has 0 radical (unpaired) electrons. The molecule has 3 nitrogen and oxygen atoms in total. The lowest BCUT2D eigenvalue weighted by atomic mass is 9.99. The second-order valence-corrected chi connectivity index (χ2v) is 4.83. The molecule has 0 saturated heterocycles. The third-order valence-electron chi connectivity index (χ3n) is 3.02. The number of halogens is 1. The first-order valence-electron chi connectivity index (χ1n) is 6.22. The Kier molecular flexibility index (Phi) is 6.14. The third-order valence-corrected chi connectivity index (χ3v) is 3.27. The maximum absolute atomic E-state index is 8.71. The fraction of sp³-hybridized carbons (Fsp3) is 0.500. The summed E-state index contributed by atoms with van der Waals surface area (Å²) in [5, 5.41) is 9.44. The van der Waals surface area contributed by atoms with Crippen LogP contribution in [0.25, 0.3) is 0 Å². The van der Waals surface area contributed by atoms with Gasteiger partial charge in [0.2, 0.25) is 0 Å². The molecule has 2 N–H and O–H groups in total. The molecule has 1 aromatic rings. The highest BCUT2D eigenvalue weighted by atomic mass is 35.5. The highest BCUT2D eigenvalue weighted by Crippen LogP contribution is 2.25. The number of nitriles is 1. The molecule has 2 atom stereocenters. The predicted molar refractivity (Wildman–Crippen MR) is 75.3 cm³/mol. The molecule has 0 aliphatic rings. The van der Waals surface area contributed by atoms with Crippen molar-refractivity contribution >= 4 is 11.6 Å². The van der Waals surface area contributed by atoms with Crippen LogP contribution in [0, 0.1) is 11.3 Å². The van der Waals surface area contributed by atoms with Gasteiger partial charge in [0, 0.05) is 30.1 Å². The van der Waals surface area contributed by atoms with E-state index in [1.54, 1.807) is 0 Å². The van der Waals surface area contributed by atoms with Crippen LogP contribution in [0.15, 0.2) is 24.3 Å². The monoisotopic (exact) mass is 265 g/mol. The van der Waals surface area contributed by atoms with Crippen LogP contribution in [0.4, 0.5) is 0 Å². The molecule has 0 amide bonds. The molecule has 0 aliphatic carbocycles. The molecule has 0 fully saturated rings.